The van der Waals surface area contributed by atoms with Crippen LogP contribution >= 0.6 is 37.2 Å². The van der Waals surface area contributed by atoms with Crippen molar-refractivity contribution in [2.45, 2.75) is 6.54 Å². The Kier molecular flexibility index (Phi) is 12.9. The Hall–Kier alpha value is -1.50. The Bertz CT molecular complexity index is 695. The van der Waals surface area contributed by atoms with Gasteiger partial charge in [0.25, 0.3) is 5.91 Å². The maximum atomic E-state index is 12.1. The summed E-state index contributed by atoms with van der Waals surface area (Å²) in [6.45, 7) is 6.78. The molecule has 0 unspecified atom stereocenters. The topological polar surface area (TPSA) is 61.6 Å². The van der Waals surface area contributed by atoms with Crippen molar-refractivity contribution in [3.8, 4) is 0 Å². The Labute approximate surface area is 185 Å². The lowest BCUT2D eigenvalue weighted by molar-refractivity contribution is 0.0934. The van der Waals surface area contributed by atoms with E-state index in [4.69, 9.17) is 5.73 Å². The van der Waals surface area contributed by atoms with Gasteiger partial charge in [0, 0.05) is 57.1 Å². The molecule has 2 aromatic rings. The third kappa shape index (κ3) is 8.25. The molecule has 8 heteroatoms. The average molecular weight is 448 g/mol. The highest BCUT2D eigenvalue weighted by molar-refractivity contribution is 5.94. The SMILES string of the molecule is Cl.Cl.Cl.Nc1cccc(C(=O)NCCN2CCN(Cc3ccccc3)CC2)c1. The smallest absolute Gasteiger partial charge is 0.251 e. The molecule has 0 spiro atoms. The standard InChI is InChI=1S/C20H26N4O.3ClH/c21-19-8-4-7-18(15-19)20(25)22-9-10-23-11-13-24(14-12-23)16-17-5-2-1-3-6-17;;;/h1-8,15H,9-14,16,21H2,(H,22,25);3*1H. The lowest BCUT2D eigenvalue weighted by atomic mass is 10.2. The third-order valence-corrected chi connectivity index (χ3v) is 4.58. The van der Waals surface area contributed by atoms with Crippen molar-refractivity contribution in [2.24, 2.45) is 0 Å². The van der Waals surface area contributed by atoms with E-state index in [0.29, 0.717) is 17.8 Å². The highest BCUT2D eigenvalue weighted by atomic mass is 35.5. The van der Waals surface area contributed by atoms with Crippen molar-refractivity contribution in [1.82, 2.24) is 15.1 Å². The molecule has 1 aliphatic heterocycles. The minimum absolute atomic E-state index is 0. The quantitative estimate of drug-likeness (QED) is 0.668. The first-order chi connectivity index (χ1) is 12.2. The highest BCUT2D eigenvalue weighted by Crippen LogP contribution is 2.08. The van der Waals surface area contributed by atoms with E-state index in [1.54, 1.807) is 24.3 Å². The van der Waals surface area contributed by atoms with E-state index in [1.807, 2.05) is 0 Å². The second-order valence-electron chi connectivity index (χ2n) is 6.48. The molecule has 0 saturated carbocycles. The van der Waals surface area contributed by atoms with Gasteiger partial charge in [0.05, 0.1) is 0 Å². The fraction of sp³-hybridized carbons (Fsp3) is 0.350. The second kappa shape index (κ2) is 13.6. The molecule has 3 rings (SSSR count). The van der Waals surface area contributed by atoms with Crippen LogP contribution in [0.5, 0.6) is 0 Å². The zero-order valence-electron chi connectivity index (χ0n) is 15.8. The number of nitrogens with one attached hydrogen (secondary N) is 1. The molecule has 1 aliphatic rings. The van der Waals surface area contributed by atoms with Gasteiger partial charge in [-0.1, -0.05) is 36.4 Å². The van der Waals surface area contributed by atoms with Crippen molar-refractivity contribution >= 4 is 48.8 Å². The van der Waals surface area contributed by atoms with Gasteiger partial charge >= 0.3 is 0 Å². The first-order valence-electron chi connectivity index (χ1n) is 8.83. The fourth-order valence-electron chi connectivity index (χ4n) is 3.12. The Morgan fingerprint density at radius 2 is 1.54 bits per heavy atom. The Morgan fingerprint density at radius 1 is 0.893 bits per heavy atom. The maximum Gasteiger partial charge on any atom is 0.251 e. The van der Waals surface area contributed by atoms with Crippen LogP contribution in [-0.4, -0.2) is 55.0 Å². The number of hydrogen-bond acceptors (Lipinski definition) is 4. The van der Waals surface area contributed by atoms with E-state index in [2.05, 4.69) is 45.4 Å². The molecule has 1 heterocycles. The van der Waals surface area contributed by atoms with Gasteiger partial charge in [-0.2, -0.15) is 0 Å². The lowest BCUT2D eigenvalue weighted by Crippen LogP contribution is -2.48. The monoisotopic (exact) mass is 446 g/mol. The van der Waals surface area contributed by atoms with E-state index < -0.39 is 0 Å². The van der Waals surface area contributed by atoms with Crippen LogP contribution in [0.2, 0.25) is 0 Å². The van der Waals surface area contributed by atoms with Crippen molar-refractivity contribution in [3.05, 3.63) is 65.7 Å². The molecule has 1 saturated heterocycles. The number of benzene rings is 2. The molecule has 0 aromatic heterocycles. The summed E-state index contributed by atoms with van der Waals surface area (Å²) in [7, 11) is 0. The maximum absolute atomic E-state index is 12.1. The summed E-state index contributed by atoms with van der Waals surface area (Å²) in [6, 6.07) is 17.7. The van der Waals surface area contributed by atoms with Gasteiger partial charge in [0.2, 0.25) is 0 Å². The van der Waals surface area contributed by atoms with Gasteiger partial charge in [-0.25, -0.2) is 0 Å². The molecule has 2 aromatic carbocycles. The predicted molar refractivity (Wildman–Crippen MR) is 123 cm³/mol. The van der Waals surface area contributed by atoms with E-state index in [1.165, 1.54) is 5.56 Å². The summed E-state index contributed by atoms with van der Waals surface area (Å²) < 4.78 is 0. The van der Waals surface area contributed by atoms with Crippen LogP contribution in [0.3, 0.4) is 0 Å². The van der Waals surface area contributed by atoms with Gasteiger partial charge in [0.15, 0.2) is 0 Å². The first-order valence-corrected chi connectivity index (χ1v) is 8.83. The summed E-state index contributed by atoms with van der Waals surface area (Å²) in [5.41, 5.74) is 8.31. The molecule has 3 N–H and O–H groups in total. The molecule has 156 valence electrons. The zero-order chi connectivity index (χ0) is 17.5. The second-order valence-corrected chi connectivity index (χ2v) is 6.48. The van der Waals surface area contributed by atoms with E-state index in [9.17, 15) is 4.79 Å². The molecule has 5 nitrogen and oxygen atoms in total. The summed E-state index contributed by atoms with van der Waals surface area (Å²) >= 11 is 0. The molecule has 28 heavy (non-hydrogen) atoms. The van der Waals surface area contributed by atoms with Crippen LogP contribution < -0.4 is 11.1 Å². The van der Waals surface area contributed by atoms with Gasteiger partial charge in [-0.3, -0.25) is 14.6 Å². The first kappa shape index (κ1) is 26.5. The summed E-state index contributed by atoms with van der Waals surface area (Å²) in [4.78, 5) is 17.0. The molecule has 0 aliphatic carbocycles. The highest BCUT2D eigenvalue weighted by Gasteiger charge is 2.16. The van der Waals surface area contributed by atoms with Crippen LogP contribution in [0.1, 0.15) is 15.9 Å². The minimum atomic E-state index is -0.0602. The number of carbonyl (C=O) groups is 1. The summed E-state index contributed by atoms with van der Waals surface area (Å²) in [5.74, 6) is -0.0602. The number of nitrogen functional groups attached to an aromatic ring is 1. The number of hydrogen-bond donors (Lipinski definition) is 2. The zero-order valence-corrected chi connectivity index (χ0v) is 18.2. The van der Waals surface area contributed by atoms with Gasteiger partial charge in [-0.05, 0) is 23.8 Å². The normalized spacial score (nSPS) is 14.1. The van der Waals surface area contributed by atoms with Crippen LogP contribution in [0, 0.1) is 0 Å². The van der Waals surface area contributed by atoms with Crippen molar-refractivity contribution in [3.63, 3.8) is 0 Å². The van der Waals surface area contributed by atoms with Gasteiger partial charge in [-0.15, -0.1) is 37.2 Å². The van der Waals surface area contributed by atoms with E-state index in [0.717, 1.165) is 39.3 Å². The minimum Gasteiger partial charge on any atom is -0.399 e. The van der Waals surface area contributed by atoms with Crippen LogP contribution in [0.25, 0.3) is 0 Å². The number of nitrogens with zero attached hydrogens (tertiary/aromatic N) is 2. The molecule has 0 atom stereocenters. The predicted octanol–water partition coefficient (Wildman–Crippen LogP) is 3.08. The largest absolute Gasteiger partial charge is 0.399 e. The van der Waals surface area contributed by atoms with Crippen LogP contribution in [0.4, 0.5) is 5.69 Å². The molecule has 1 fully saturated rings. The van der Waals surface area contributed by atoms with Crippen molar-refractivity contribution in [1.29, 1.82) is 0 Å². The van der Waals surface area contributed by atoms with Gasteiger partial charge < -0.3 is 11.1 Å². The fourth-order valence-corrected chi connectivity index (χ4v) is 3.12. The number of halogens is 3. The summed E-state index contributed by atoms with van der Waals surface area (Å²) in [6.07, 6.45) is 0. The van der Waals surface area contributed by atoms with Gasteiger partial charge in [0.1, 0.15) is 0 Å². The average Bonchev–Trinajstić information content (AvgIpc) is 2.64. The van der Waals surface area contributed by atoms with Crippen LogP contribution in [0.15, 0.2) is 54.6 Å². The Balaban J connectivity index is 0.00000243. The molecular weight excluding hydrogens is 419 g/mol. The molecule has 1 amide bonds. The third-order valence-electron chi connectivity index (χ3n) is 4.58. The summed E-state index contributed by atoms with van der Waals surface area (Å²) in [5, 5.41) is 2.97. The number of nitrogens with two attached hydrogens (primary N) is 1. The van der Waals surface area contributed by atoms with Crippen molar-refractivity contribution in [2.75, 3.05) is 45.0 Å². The number of piperazine rings is 1. The van der Waals surface area contributed by atoms with Crippen molar-refractivity contribution < 1.29 is 4.79 Å². The molecule has 0 radical (unpaired) electrons. The molecule has 0 bridgehead atoms. The van der Waals surface area contributed by atoms with E-state index in [-0.39, 0.29) is 43.1 Å². The Morgan fingerprint density at radius 3 is 2.18 bits per heavy atom. The van der Waals surface area contributed by atoms with E-state index >= 15 is 0 Å². The molecular formula is C20H29Cl3N4O. The van der Waals surface area contributed by atoms with Crippen LogP contribution in [-0.2, 0) is 6.54 Å². The number of amides is 1. The number of rotatable bonds is 6. The lowest BCUT2D eigenvalue weighted by Gasteiger charge is -2.34. The number of carbonyl (C=O) groups excluding carboxylic acids is 1. The number of anilines is 1.